The molecule has 2 aromatic rings. The van der Waals surface area contributed by atoms with E-state index in [4.69, 9.17) is 0 Å². The average molecular weight is 391 g/mol. The van der Waals surface area contributed by atoms with E-state index in [0.717, 1.165) is 36.4 Å². The minimum absolute atomic E-state index is 0. The zero-order valence-electron chi connectivity index (χ0n) is 12.6. The van der Waals surface area contributed by atoms with E-state index in [2.05, 4.69) is 0 Å². The second kappa shape index (κ2) is 6.40. The molecule has 3 rings (SSSR count). The molecular formula is C14H8NaO8S2. The van der Waals surface area contributed by atoms with Gasteiger partial charge in [0.25, 0.3) is 20.2 Å². The monoisotopic (exact) mass is 391 g/mol. The molecule has 0 fully saturated rings. The van der Waals surface area contributed by atoms with Gasteiger partial charge in [-0.2, -0.15) is 16.8 Å². The molecular weight excluding hydrogens is 383 g/mol. The molecule has 0 saturated heterocycles. The Morgan fingerprint density at radius 3 is 1.24 bits per heavy atom. The fourth-order valence-corrected chi connectivity index (χ4v) is 4.03. The molecule has 1 radical (unpaired) electrons. The van der Waals surface area contributed by atoms with Crippen molar-refractivity contribution in [1.82, 2.24) is 0 Å². The molecule has 2 aromatic carbocycles. The van der Waals surface area contributed by atoms with Gasteiger partial charge in [-0.25, -0.2) is 0 Å². The first-order valence-electron chi connectivity index (χ1n) is 6.34. The van der Waals surface area contributed by atoms with Gasteiger partial charge in [0.2, 0.25) is 0 Å². The summed E-state index contributed by atoms with van der Waals surface area (Å²) in [5, 5.41) is 0. The molecule has 11 heteroatoms. The van der Waals surface area contributed by atoms with Crippen molar-refractivity contribution in [2.24, 2.45) is 0 Å². The van der Waals surface area contributed by atoms with Crippen molar-refractivity contribution in [3.8, 4) is 0 Å². The first kappa shape index (κ1) is 19.9. The average Bonchev–Trinajstić information content (AvgIpc) is 2.49. The van der Waals surface area contributed by atoms with Gasteiger partial charge in [0.05, 0.1) is 11.1 Å². The first-order valence-corrected chi connectivity index (χ1v) is 9.22. The maximum atomic E-state index is 12.6. The van der Waals surface area contributed by atoms with Gasteiger partial charge < -0.3 is 0 Å². The molecule has 0 unspecified atom stereocenters. The van der Waals surface area contributed by atoms with E-state index in [1.165, 1.54) is 0 Å². The molecule has 25 heavy (non-hydrogen) atoms. The molecule has 0 bridgehead atoms. The van der Waals surface area contributed by atoms with Gasteiger partial charge >= 0.3 is 0 Å². The van der Waals surface area contributed by atoms with Crippen LogP contribution in [0.1, 0.15) is 31.8 Å². The van der Waals surface area contributed by atoms with Gasteiger partial charge in [-0.3, -0.25) is 18.7 Å². The Bertz CT molecular complexity index is 1040. The van der Waals surface area contributed by atoms with Gasteiger partial charge in [-0.1, -0.05) is 24.3 Å². The Labute approximate surface area is 164 Å². The molecule has 0 heterocycles. The molecule has 8 nitrogen and oxygen atoms in total. The largest absolute Gasteiger partial charge is 0.295 e. The number of benzene rings is 2. The fourth-order valence-electron chi connectivity index (χ4n) is 2.61. The van der Waals surface area contributed by atoms with E-state index in [9.17, 15) is 35.5 Å². The van der Waals surface area contributed by atoms with Crippen molar-refractivity contribution >= 4 is 61.4 Å². The maximum Gasteiger partial charge on any atom is 0.295 e. The van der Waals surface area contributed by atoms with Crippen LogP contribution in [-0.4, -0.2) is 67.1 Å². The second-order valence-corrected chi connectivity index (χ2v) is 7.75. The second-order valence-electron chi connectivity index (χ2n) is 4.97. The molecule has 0 atom stereocenters. The topological polar surface area (TPSA) is 143 Å². The number of carbonyl (C=O) groups excluding carboxylic acids is 2. The molecule has 0 amide bonds. The Balaban J connectivity index is 0.00000225. The van der Waals surface area contributed by atoms with Gasteiger partial charge in [-0.05, 0) is 12.1 Å². The van der Waals surface area contributed by atoms with E-state index in [0.29, 0.717) is 0 Å². The summed E-state index contributed by atoms with van der Waals surface area (Å²) in [6.07, 6.45) is 0. The zero-order chi connectivity index (χ0) is 17.9. The number of hydrogen-bond acceptors (Lipinski definition) is 6. The summed E-state index contributed by atoms with van der Waals surface area (Å²) >= 11 is 0. The van der Waals surface area contributed by atoms with Crippen LogP contribution in [0.25, 0.3) is 0 Å². The van der Waals surface area contributed by atoms with Crippen LogP contribution in [-0.2, 0) is 20.2 Å². The quantitative estimate of drug-likeness (QED) is 0.477. The predicted molar refractivity (Wildman–Crippen MR) is 85.1 cm³/mol. The zero-order valence-corrected chi connectivity index (χ0v) is 16.3. The number of hydrogen-bond donors (Lipinski definition) is 2. The van der Waals surface area contributed by atoms with E-state index in [1.54, 1.807) is 0 Å². The number of fused-ring (bicyclic) bond motifs is 2. The van der Waals surface area contributed by atoms with Crippen molar-refractivity contribution in [3.05, 3.63) is 58.7 Å². The molecule has 1 aliphatic rings. The van der Waals surface area contributed by atoms with E-state index < -0.39 is 52.7 Å². The SMILES string of the molecule is O=C1c2cccc(S(=O)(=O)O)c2C(=O)c2cccc(S(=O)(=O)O)c21.[Na]. The van der Waals surface area contributed by atoms with Gasteiger partial charge in [0.1, 0.15) is 9.79 Å². The van der Waals surface area contributed by atoms with Gasteiger partial charge in [0.15, 0.2) is 11.6 Å². The Kier molecular flexibility index (Phi) is 5.10. The van der Waals surface area contributed by atoms with Crippen molar-refractivity contribution < 1.29 is 35.5 Å². The van der Waals surface area contributed by atoms with Crippen LogP contribution in [0.3, 0.4) is 0 Å². The van der Waals surface area contributed by atoms with Crippen LogP contribution in [0.15, 0.2) is 46.2 Å². The van der Waals surface area contributed by atoms with E-state index in [-0.39, 0.29) is 40.7 Å². The summed E-state index contributed by atoms with van der Waals surface area (Å²) in [5.74, 6) is -1.89. The summed E-state index contributed by atoms with van der Waals surface area (Å²) in [5.41, 5.74) is -1.83. The molecule has 0 saturated carbocycles. The molecule has 0 spiro atoms. The maximum absolute atomic E-state index is 12.6. The van der Waals surface area contributed by atoms with Crippen LogP contribution in [0, 0.1) is 0 Å². The molecule has 125 valence electrons. The van der Waals surface area contributed by atoms with E-state index in [1.807, 2.05) is 0 Å². The Hall–Kier alpha value is -1.40. The molecule has 0 aromatic heterocycles. The normalized spacial score (nSPS) is 13.7. The number of ketones is 2. The van der Waals surface area contributed by atoms with Gasteiger partial charge in [-0.15, -0.1) is 0 Å². The fraction of sp³-hybridized carbons (Fsp3) is 0. The van der Waals surface area contributed by atoms with Crippen LogP contribution in [0.4, 0.5) is 0 Å². The predicted octanol–water partition coefficient (Wildman–Crippen LogP) is 0.575. The van der Waals surface area contributed by atoms with Crippen molar-refractivity contribution in [1.29, 1.82) is 0 Å². The van der Waals surface area contributed by atoms with Crippen LogP contribution in [0.5, 0.6) is 0 Å². The summed E-state index contributed by atoms with van der Waals surface area (Å²) in [4.78, 5) is 23.7. The third-order valence-corrected chi connectivity index (χ3v) is 5.34. The molecule has 0 aliphatic heterocycles. The smallest absolute Gasteiger partial charge is 0.289 e. The van der Waals surface area contributed by atoms with E-state index >= 15 is 0 Å². The number of carbonyl (C=O) groups is 2. The minimum Gasteiger partial charge on any atom is -0.289 e. The third-order valence-electron chi connectivity index (χ3n) is 3.55. The van der Waals surface area contributed by atoms with Crippen molar-refractivity contribution in [2.45, 2.75) is 9.79 Å². The summed E-state index contributed by atoms with van der Waals surface area (Å²) < 4.78 is 64.3. The summed E-state index contributed by atoms with van der Waals surface area (Å²) in [6, 6.07) is 6.44. The molecule has 1 aliphatic carbocycles. The van der Waals surface area contributed by atoms with Crippen LogP contribution in [0.2, 0.25) is 0 Å². The summed E-state index contributed by atoms with van der Waals surface area (Å²) in [6.45, 7) is 0. The summed E-state index contributed by atoms with van der Waals surface area (Å²) in [7, 11) is -9.56. The third kappa shape index (κ3) is 3.22. The molecule has 2 N–H and O–H groups in total. The van der Waals surface area contributed by atoms with Crippen LogP contribution < -0.4 is 0 Å². The number of rotatable bonds is 2. The Morgan fingerprint density at radius 2 is 0.960 bits per heavy atom. The Morgan fingerprint density at radius 1 is 0.640 bits per heavy atom. The standard InChI is InChI=1S/C14H8O8S2.Na/c15-13-7-3-1-5-9(23(17,18)19)11(7)14(16)8-4-2-6-10(12(8)13)24(20,21)22;/h1-6H,(H,17,18,19)(H,20,21,22);. The van der Waals surface area contributed by atoms with Crippen molar-refractivity contribution in [2.75, 3.05) is 0 Å². The van der Waals surface area contributed by atoms with Gasteiger partial charge in [0, 0.05) is 40.7 Å². The minimum atomic E-state index is -4.78. The first-order chi connectivity index (χ1) is 11.0. The van der Waals surface area contributed by atoms with Crippen LogP contribution >= 0.6 is 0 Å². The van der Waals surface area contributed by atoms with Crippen molar-refractivity contribution in [3.63, 3.8) is 0 Å².